The molecule has 21 heavy (non-hydrogen) atoms. The Kier molecular flexibility index (Phi) is 5.00. The molecule has 0 bridgehead atoms. The zero-order chi connectivity index (χ0) is 15.2. The summed E-state index contributed by atoms with van der Waals surface area (Å²) in [5.41, 5.74) is 0.677. The lowest BCUT2D eigenvalue weighted by Gasteiger charge is -2.16. The normalized spacial score (nSPS) is 13.5. The summed E-state index contributed by atoms with van der Waals surface area (Å²) in [6.45, 7) is 3.87. The second-order valence-electron chi connectivity index (χ2n) is 4.97. The summed E-state index contributed by atoms with van der Waals surface area (Å²) in [5.74, 6) is 1.43. The maximum absolute atomic E-state index is 12.3. The average molecular weight is 289 g/mol. The van der Waals surface area contributed by atoms with Gasteiger partial charge >= 0.3 is 0 Å². The van der Waals surface area contributed by atoms with Gasteiger partial charge in [0.25, 0.3) is 5.91 Å². The van der Waals surface area contributed by atoms with Crippen LogP contribution in [0.2, 0.25) is 0 Å². The molecule has 0 radical (unpaired) electrons. The molecule has 0 unspecified atom stereocenters. The largest absolute Gasteiger partial charge is 0.495 e. The summed E-state index contributed by atoms with van der Waals surface area (Å²) >= 11 is 0. The lowest BCUT2D eigenvalue weighted by molar-refractivity contribution is -0.711. The minimum absolute atomic E-state index is 0.0714. The molecule has 1 aromatic heterocycles. The number of hydrogen-bond acceptors (Lipinski definition) is 3. The van der Waals surface area contributed by atoms with Gasteiger partial charge in [-0.15, -0.1) is 0 Å². The lowest BCUT2D eigenvalue weighted by Crippen LogP contribution is -2.91. The van der Waals surface area contributed by atoms with Crippen LogP contribution in [0, 0.1) is 0 Å². The number of rotatable bonds is 6. The molecule has 5 heteroatoms. The van der Waals surface area contributed by atoms with Crippen molar-refractivity contribution in [3.05, 3.63) is 48.4 Å². The molecule has 0 aliphatic rings. The quantitative estimate of drug-likeness (QED) is 0.854. The van der Waals surface area contributed by atoms with Gasteiger partial charge in [0.15, 0.2) is 11.8 Å². The van der Waals surface area contributed by atoms with Crippen LogP contribution in [0.4, 0.5) is 5.69 Å². The summed E-state index contributed by atoms with van der Waals surface area (Å²) in [7, 11) is 1.58. The summed E-state index contributed by atoms with van der Waals surface area (Å²) in [6, 6.07) is 11.0. The Morgan fingerprint density at radius 1 is 1.24 bits per heavy atom. The molecule has 0 aliphatic heterocycles. The van der Waals surface area contributed by atoms with Gasteiger partial charge in [0, 0.05) is 0 Å². The molecule has 112 valence electrons. The molecule has 1 amide bonds. The minimum atomic E-state index is -0.241. The fourth-order valence-corrected chi connectivity index (χ4v) is 2.16. The van der Waals surface area contributed by atoms with Gasteiger partial charge < -0.3 is 19.8 Å². The van der Waals surface area contributed by atoms with E-state index in [1.807, 2.05) is 55.6 Å². The predicted octanol–water partition coefficient (Wildman–Crippen LogP) is 1.94. The highest BCUT2D eigenvalue weighted by Crippen LogP contribution is 2.22. The van der Waals surface area contributed by atoms with Crippen molar-refractivity contribution in [2.24, 2.45) is 0 Å². The Hall–Kier alpha value is -2.27. The first-order chi connectivity index (χ1) is 10.1. The van der Waals surface area contributed by atoms with Gasteiger partial charge in [0.05, 0.1) is 19.1 Å². The molecule has 1 aromatic carbocycles. The predicted molar refractivity (Wildman–Crippen MR) is 80.1 cm³/mol. The highest BCUT2D eigenvalue weighted by molar-refractivity contribution is 5.94. The molecular weight excluding hydrogens is 268 g/mol. The molecular formula is C16H21N2O3+. The number of benzene rings is 1. The lowest BCUT2D eigenvalue weighted by atomic mass is 10.2. The Morgan fingerprint density at radius 2 is 2.00 bits per heavy atom. The number of nitrogens with one attached hydrogen (secondary N) is 1. The summed E-state index contributed by atoms with van der Waals surface area (Å²) in [6.07, 6.45) is 1.64. The SMILES string of the molecule is COc1ccccc1NC(=O)[C@H](C)[NH2+][C@@H](C)c1ccco1. The molecule has 1 heterocycles. The Labute approximate surface area is 124 Å². The monoisotopic (exact) mass is 289 g/mol. The van der Waals surface area contributed by atoms with Crippen LogP contribution in [0.25, 0.3) is 0 Å². The van der Waals surface area contributed by atoms with E-state index in [1.165, 1.54) is 0 Å². The minimum Gasteiger partial charge on any atom is -0.495 e. The summed E-state index contributed by atoms with van der Waals surface area (Å²) in [4.78, 5) is 12.3. The molecule has 2 atom stereocenters. The van der Waals surface area contributed by atoms with Crippen LogP contribution < -0.4 is 15.4 Å². The van der Waals surface area contributed by atoms with Crippen molar-refractivity contribution < 1.29 is 19.3 Å². The van der Waals surface area contributed by atoms with Crippen LogP contribution in [0.3, 0.4) is 0 Å². The first-order valence-corrected chi connectivity index (χ1v) is 6.94. The zero-order valence-electron chi connectivity index (χ0n) is 12.5. The second-order valence-corrected chi connectivity index (χ2v) is 4.97. The van der Waals surface area contributed by atoms with Gasteiger partial charge in [-0.05, 0) is 38.1 Å². The van der Waals surface area contributed by atoms with Gasteiger partial charge in [-0.3, -0.25) is 4.79 Å². The van der Waals surface area contributed by atoms with Crippen LogP contribution in [0.15, 0.2) is 47.1 Å². The molecule has 0 aliphatic carbocycles. The van der Waals surface area contributed by atoms with Gasteiger partial charge in [-0.25, -0.2) is 0 Å². The molecule has 2 rings (SSSR count). The maximum atomic E-state index is 12.3. The van der Waals surface area contributed by atoms with Crippen molar-refractivity contribution in [2.45, 2.75) is 25.9 Å². The van der Waals surface area contributed by atoms with E-state index in [1.54, 1.807) is 13.4 Å². The number of ether oxygens (including phenoxy) is 1. The third-order valence-electron chi connectivity index (χ3n) is 3.35. The van der Waals surface area contributed by atoms with Gasteiger partial charge in [0.1, 0.15) is 11.8 Å². The highest BCUT2D eigenvalue weighted by Gasteiger charge is 2.22. The number of methoxy groups -OCH3 is 1. The van der Waals surface area contributed by atoms with E-state index >= 15 is 0 Å². The maximum Gasteiger partial charge on any atom is 0.282 e. The molecule has 0 spiro atoms. The fourth-order valence-electron chi connectivity index (χ4n) is 2.16. The number of anilines is 1. The Morgan fingerprint density at radius 3 is 2.67 bits per heavy atom. The number of hydrogen-bond donors (Lipinski definition) is 2. The van der Waals surface area contributed by atoms with Crippen LogP contribution in [0.5, 0.6) is 5.75 Å². The molecule has 5 nitrogen and oxygen atoms in total. The van der Waals surface area contributed by atoms with Crippen LogP contribution in [-0.2, 0) is 4.79 Å². The van der Waals surface area contributed by atoms with E-state index in [9.17, 15) is 4.79 Å². The third-order valence-corrected chi connectivity index (χ3v) is 3.35. The van der Waals surface area contributed by atoms with Gasteiger partial charge in [0.2, 0.25) is 0 Å². The van der Waals surface area contributed by atoms with E-state index in [2.05, 4.69) is 5.32 Å². The summed E-state index contributed by atoms with van der Waals surface area (Å²) in [5, 5.41) is 4.85. The van der Waals surface area contributed by atoms with Crippen molar-refractivity contribution in [2.75, 3.05) is 12.4 Å². The Bertz CT molecular complexity index is 581. The molecule has 3 N–H and O–H groups in total. The molecule has 0 saturated heterocycles. The van der Waals surface area contributed by atoms with E-state index in [0.29, 0.717) is 11.4 Å². The van der Waals surface area contributed by atoms with Crippen molar-refractivity contribution >= 4 is 11.6 Å². The van der Waals surface area contributed by atoms with Crippen molar-refractivity contribution in [3.63, 3.8) is 0 Å². The van der Waals surface area contributed by atoms with Crippen molar-refractivity contribution in [1.29, 1.82) is 0 Å². The second kappa shape index (κ2) is 6.95. The van der Waals surface area contributed by atoms with Gasteiger partial charge in [-0.1, -0.05) is 12.1 Å². The molecule has 0 saturated carbocycles. The van der Waals surface area contributed by atoms with Crippen LogP contribution in [-0.4, -0.2) is 19.1 Å². The number of para-hydroxylation sites is 2. The topological polar surface area (TPSA) is 68.1 Å². The number of furan rings is 1. The summed E-state index contributed by atoms with van der Waals surface area (Å²) < 4.78 is 10.6. The number of carbonyl (C=O) groups excluding carboxylic acids is 1. The zero-order valence-corrected chi connectivity index (χ0v) is 12.5. The average Bonchev–Trinajstić information content (AvgIpc) is 3.02. The van der Waals surface area contributed by atoms with E-state index in [4.69, 9.17) is 9.15 Å². The third kappa shape index (κ3) is 3.86. The van der Waals surface area contributed by atoms with E-state index in [-0.39, 0.29) is 18.0 Å². The van der Waals surface area contributed by atoms with Crippen molar-refractivity contribution in [1.82, 2.24) is 0 Å². The number of quaternary nitrogens is 1. The molecule has 0 fully saturated rings. The number of nitrogens with two attached hydrogens (primary N) is 1. The first-order valence-electron chi connectivity index (χ1n) is 6.94. The first kappa shape index (κ1) is 15.1. The highest BCUT2D eigenvalue weighted by atomic mass is 16.5. The van der Waals surface area contributed by atoms with E-state index in [0.717, 1.165) is 5.76 Å². The smallest absolute Gasteiger partial charge is 0.282 e. The standard InChI is InChI=1S/C16H20N2O3/c1-11(14-9-6-10-21-14)17-12(2)16(19)18-13-7-4-5-8-15(13)20-3/h4-12,17H,1-3H3,(H,18,19)/p+1/t11-,12-/m0/s1. The molecule has 2 aromatic rings. The fraction of sp³-hybridized carbons (Fsp3) is 0.312. The van der Waals surface area contributed by atoms with Crippen molar-refractivity contribution in [3.8, 4) is 5.75 Å². The van der Waals surface area contributed by atoms with Crippen LogP contribution >= 0.6 is 0 Å². The van der Waals surface area contributed by atoms with Gasteiger partial charge in [-0.2, -0.15) is 0 Å². The van der Waals surface area contributed by atoms with Crippen LogP contribution in [0.1, 0.15) is 25.6 Å². The number of carbonyl (C=O) groups is 1. The Balaban J connectivity index is 1.96. The number of amides is 1. The van der Waals surface area contributed by atoms with E-state index < -0.39 is 0 Å².